The van der Waals surface area contributed by atoms with Crippen molar-refractivity contribution in [1.29, 1.82) is 0 Å². The van der Waals surface area contributed by atoms with Crippen molar-refractivity contribution in [1.82, 2.24) is 9.78 Å². The average Bonchev–Trinajstić information content (AvgIpc) is 2.97. The fourth-order valence-electron chi connectivity index (χ4n) is 3.18. The molecule has 0 saturated carbocycles. The Balaban J connectivity index is 1.97. The van der Waals surface area contributed by atoms with Crippen LogP contribution in [0.15, 0.2) is 35.6 Å². The van der Waals surface area contributed by atoms with Gasteiger partial charge in [0.15, 0.2) is 0 Å². The molecule has 3 rings (SSSR count). The fourth-order valence-corrected chi connectivity index (χ4v) is 3.18. The van der Waals surface area contributed by atoms with Crippen LogP contribution in [0.2, 0.25) is 0 Å². The van der Waals surface area contributed by atoms with Crippen molar-refractivity contribution < 1.29 is 9.63 Å². The summed E-state index contributed by atoms with van der Waals surface area (Å²) >= 11 is 0. The van der Waals surface area contributed by atoms with Gasteiger partial charge in [0.2, 0.25) is 5.91 Å². The molecule has 1 aliphatic carbocycles. The third kappa shape index (κ3) is 3.79. The van der Waals surface area contributed by atoms with Gasteiger partial charge in [0, 0.05) is 11.1 Å². The van der Waals surface area contributed by atoms with Crippen molar-refractivity contribution in [3.05, 3.63) is 47.3 Å². The summed E-state index contributed by atoms with van der Waals surface area (Å²) in [5.74, 6) is -0.00110. The number of carbonyl (C=O) groups is 1. The lowest BCUT2D eigenvalue weighted by Gasteiger charge is -2.30. The van der Waals surface area contributed by atoms with E-state index in [1.165, 1.54) is 0 Å². The second kappa shape index (κ2) is 6.94. The highest BCUT2D eigenvalue weighted by atomic mass is 16.6. The van der Waals surface area contributed by atoms with Gasteiger partial charge in [-0.2, -0.15) is 5.10 Å². The highest BCUT2D eigenvalue weighted by Crippen LogP contribution is 2.36. The maximum Gasteiger partial charge on any atom is 0.248 e. The second-order valence-electron chi connectivity index (χ2n) is 8.07. The molecule has 0 bridgehead atoms. The molecule has 1 aromatic carbocycles. The number of oxime groups is 1. The summed E-state index contributed by atoms with van der Waals surface area (Å²) in [7, 11) is 0. The predicted molar refractivity (Wildman–Crippen MR) is 102 cm³/mol. The van der Waals surface area contributed by atoms with Crippen molar-refractivity contribution in [3.8, 4) is 5.69 Å². The number of hydrogen-bond acceptors (Lipinski definition) is 4. The smallest absolute Gasteiger partial charge is 0.248 e. The molecule has 0 atom stereocenters. The van der Waals surface area contributed by atoms with Crippen LogP contribution in [0.4, 0.5) is 0 Å². The third-order valence-corrected chi connectivity index (χ3v) is 4.45. The van der Waals surface area contributed by atoms with Gasteiger partial charge in [0.05, 0.1) is 23.3 Å². The number of fused-ring (bicyclic) bond motifs is 1. The first-order valence-electron chi connectivity index (χ1n) is 8.93. The molecule has 0 saturated heterocycles. The molecule has 1 heterocycles. The predicted octanol–water partition coefficient (Wildman–Crippen LogP) is 3.32. The maximum atomic E-state index is 11.3. The summed E-state index contributed by atoms with van der Waals surface area (Å²) in [6.45, 7) is 9.25. The molecule has 1 aliphatic rings. The zero-order valence-electron chi connectivity index (χ0n) is 15.8. The Morgan fingerprint density at radius 3 is 2.62 bits per heavy atom. The molecule has 0 aliphatic heterocycles. The normalized spacial score (nSPS) is 17.3. The van der Waals surface area contributed by atoms with Gasteiger partial charge in [-0.1, -0.05) is 32.9 Å². The summed E-state index contributed by atoms with van der Waals surface area (Å²) < 4.78 is 1.92. The molecule has 0 fully saturated rings. The maximum absolute atomic E-state index is 11.3. The molecule has 2 N–H and O–H groups in total. The topological polar surface area (TPSA) is 82.5 Å². The van der Waals surface area contributed by atoms with E-state index in [0.717, 1.165) is 35.5 Å². The zero-order chi connectivity index (χ0) is 18.9. The van der Waals surface area contributed by atoms with Gasteiger partial charge in [-0.25, -0.2) is 4.68 Å². The van der Waals surface area contributed by atoms with Crippen molar-refractivity contribution >= 4 is 11.6 Å². The van der Waals surface area contributed by atoms with Crippen LogP contribution >= 0.6 is 0 Å². The van der Waals surface area contributed by atoms with E-state index in [4.69, 9.17) is 10.6 Å². The minimum absolute atomic E-state index is 0.0674. The van der Waals surface area contributed by atoms with Crippen molar-refractivity contribution in [2.45, 2.75) is 40.5 Å². The van der Waals surface area contributed by atoms with Crippen molar-refractivity contribution in [3.63, 3.8) is 0 Å². The number of primary amides is 1. The van der Waals surface area contributed by atoms with Gasteiger partial charge < -0.3 is 10.6 Å². The van der Waals surface area contributed by atoms with Crippen molar-refractivity contribution in [2.75, 3.05) is 6.61 Å². The highest BCUT2D eigenvalue weighted by molar-refractivity contribution is 6.02. The molecule has 1 aromatic heterocycles. The third-order valence-electron chi connectivity index (χ3n) is 4.45. The minimum Gasteiger partial charge on any atom is -0.395 e. The van der Waals surface area contributed by atoms with E-state index in [2.05, 4.69) is 37.9 Å². The number of amides is 1. The van der Waals surface area contributed by atoms with Crippen LogP contribution in [0.5, 0.6) is 0 Å². The molecule has 6 heteroatoms. The number of hydrogen-bond donors (Lipinski definition) is 1. The monoisotopic (exact) mass is 354 g/mol. The zero-order valence-corrected chi connectivity index (χ0v) is 15.8. The van der Waals surface area contributed by atoms with E-state index >= 15 is 0 Å². The van der Waals surface area contributed by atoms with Crippen LogP contribution < -0.4 is 5.73 Å². The van der Waals surface area contributed by atoms with Crippen LogP contribution in [0.1, 0.15) is 55.7 Å². The van der Waals surface area contributed by atoms with E-state index in [9.17, 15) is 4.79 Å². The van der Waals surface area contributed by atoms with Crippen LogP contribution in [-0.2, 0) is 11.3 Å². The van der Waals surface area contributed by atoms with Crippen molar-refractivity contribution in [2.24, 2.45) is 22.2 Å². The lowest BCUT2D eigenvalue weighted by Crippen LogP contribution is -2.28. The van der Waals surface area contributed by atoms with E-state index in [1.54, 1.807) is 12.1 Å². The van der Waals surface area contributed by atoms with E-state index in [1.807, 2.05) is 23.0 Å². The number of aromatic nitrogens is 2. The Morgan fingerprint density at radius 1 is 1.31 bits per heavy atom. The standard InChI is InChI=1S/C20H26N4O2/c1-13(2)12-26-23-17-9-20(3,4)10-18-16(17)11-22-24(18)15-7-5-14(6-8-15)19(21)25/h5-8,11,13H,9-10,12H2,1-4H3,(H2,21,25)/b23-17+. The van der Waals surface area contributed by atoms with Gasteiger partial charge in [-0.3, -0.25) is 4.79 Å². The fraction of sp³-hybridized carbons (Fsp3) is 0.450. The molecule has 0 radical (unpaired) electrons. The highest BCUT2D eigenvalue weighted by Gasteiger charge is 2.33. The van der Waals surface area contributed by atoms with Crippen LogP contribution in [-0.4, -0.2) is 28.0 Å². The molecule has 0 spiro atoms. The molecule has 0 unspecified atom stereocenters. The average molecular weight is 354 g/mol. The van der Waals surface area contributed by atoms with Crippen LogP contribution in [0.3, 0.4) is 0 Å². The first-order valence-corrected chi connectivity index (χ1v) is 8.93. The first kappa shape index (κ1) is 18.2. The van der Waals surface area contributed by atoms with Gasteiger partial charge in [-0.05, 0) is 48.4 Å². The van der Waals surface area contributed by atoms with E-state index in [0.29, 0.717) is 18.1 Å². The lowest BCUT2D eigenvalue weighted by molar-refractivity contribution is 0.100. The Labute approximate surface area is 154 Å². The number of nitrogens with two attached hydrogens (primary N) is 1. The SMILES string of the molecule is CC(C)CO/N=C1\CC(C)(C)Cc2c1cnn2-c1ccc(C(N)=O)cc1. The largest absolute Gasteiger partial charge is 0.395 e. The second-order valence-corrected chi connectivity index (χ2v) is 8.07. The Kier molecular flexibility index (Phi) is 4.85. The molecule has 26 heavy (non-hydrogen) atoms. The molecular formula is C20H26N4O2. The Bertz CT molecular complexity index is 832. The number of rotatable bonds is 5. The van der Waals surface area contributed by atoms with E-state index in [-0.39, 0.29) is 5.41 Å². The Hall–Kier alpha value is -2.63. The van der Waals surface area contributed by atoms with Gasteiger partial charge in [0.25, 0.3) is 0 Å². The summed E-state index contributed by atoms with van der Waals surface area (Å²) in [5.41, 5.74) is 9.86. The molecule has 2 aromatic rings. The molecular weight excluding hydrogens is 328 g/mol. The molecule has 6 nitrogen and oxygen atoms in total. The molecule has 1 amide bonds. The quantitative estimate of drug-likeness (QED) is 0.836. The van der Waals surface area contributed by atoms with Crippen LogP contribution in [0, 0.1) is 11.3 Å². The number of nitrogens with zero attached hydrogens (tertiary/aromatic N) is 3. The van der Waals surface area contributed by atoms with Gasteiger partial charge >= 0.3 is 0 Å². The van der Waals surface area contributed by atoms with Gasteiger partial charge in [0.1, 0.15) is 6.61 Å². The van der Waals surface area contributed by atoms with Crippen LogP contribution in [0.25, 0.3) is 5.69 Å². The lowest BCUT2D eigenvalue weighted by atomic mass is 9.76. The summed E-state index contributed by atoms with van der Waals surface area (Å²) in [6, 6.07) is 7.17. The summed E-state index contributed by atoms with van der Waals surface area (Å²) in [6.07, 6.45) is 3.59. The Morgan fingerprint density at radius 2 is 2.00 bits per heavy atom. The van der Waals surface area contributed by atoms with Gasteiger partial charge in [-0.15, -0.1) is 0 Å². The summed E-state index contributed by atoms with van der Waals surface area (Å²) in [5, 5.41) is 8.97. The number of benzene rings is 1. The summed E-state index contributed by atoms with van der Waals surface area (Å²) in [4.78, 5) is 16.8. The first-order chi connectivity index (χ1) is 12.3. The van der Waals surface area contributed by atoms with E-state index < -0.39 is 5.91 Å². The number of carbonyl (C=O) groups excluding carboxylic acids is 1. The minimum atomic E-state index is -0.433. The molecule has 138 valence electrons.